The molecule has 1 aliphatic carbocycles. The average molecular weight is 279 g/mol. The maximum Gasteiger partial charge on any atom is 0.237 e. The largest absolute Gasteiger partial charge is 0.480 e. The number of hydrogen-bond acceptors (Lipinski definition) is 5. The van der Waals surface area contributed by atoms with E-state index in [4.69, 9.17) is 9.47 Å². The van der Waals surface area contributed by atoms with E-state index in [0.29, 0.717) is 18.4 Å². The second kappa shape index (κ2) is 7.55. The Morgan fingerprint density at radius 2 is 2.05 bits per heavy atom. The summed E-state index contributed by atoms with van der Waals surface area (Å²) in [5.41, 5.74) is 0.855. The van der Waals surface area contributed by atoms with Gasteiger partial charge in [0.1, 0.15) is 5.69 Å². The molecule has 1 aliphatic rings. The summed E-state index contributed by atoms with van der Waals surface area (Å²) >= 11 is 0. The fourth-order valence-electron chi connectivity index (χ4n) is 2.50. The summed E-state index contributed by atoms with van der Waals surface area (Å²) in [5, 5.41) is 3.56. The van der Waals surface area contributed by atoms with Crippen molar-refractivity contribution in [1.82, 2.24) is 15.3 Å². The average Bonchev–Trinajstić information content (AvgIpc) is 3.31. The molecule has 5 heteroatoms. The Morgan fingerprint density at radius 1 is 1.30 bits per heavy atom. The van der Waals surface area contributed by atoms with Crippen LogP contribution in [0.15, 0.2) is 12.4 Å². The molecular weight excluding hydrogens is 254 g/mol. The van der Waals surface area contributed by atoms with E-state index in [2.05, 4.69) is 22.2 Å². The minimum atomic E-state index is 0.0473. The van der Waals surface area contributed by atoms with Gasteiger partial charge in [0.25, 0.3) is 0 Å². The van der Waals surface area contributed by atoms with Crippen molar-refractivity contribution in [3.05, 3.63) is 18.1 Å². The van der Waals surface area contributed by atoms with Crippen LogP contribution >= 0.6 is 0 Å². The molecule has 0 radical (unpaired) electrons. The lowest BCUT2D eigenvalue weighted by Gasteiger charge is -2.28. The Labute approximate surface area is 121 Å². The van der Waals surface area contributed by atoms with Crippen molar-refractivity contribution in [2.45, 2.75) is 45.3 Å². The molecule has 1 fully saturated rings. The quantitative estimate of drug-likeness (QED) is 0.752. The molecule has 0 saturated heterocycles. The zero-order valence-electron chi connectivity index (χ0n) is 12.6. The number of ether oxygens (including phenoxy) is 2. The van der Waals surface area contributed by atoms with E-state index in [1.807, 2.05) is 6.92 Å². The van der Waals surface area contributed by atoms with Crippen molar-refractivity contribution >= 4 is 0 Å². The van der Waals surface area contributed by atoms with E-state index in [-0.39, 0.29) is 12.1 Å². The Bertz CT molecular complexity index is 410. The Balaban J connectivity index is 2.24. The third-order valence-electron chi connectivity index (χ3n) is 3.57. The molecule has 1 saturated carbocycles. The number of rotatable bonds is 9. The molecule has 5 nitrogen and oxygen atoms in total. The number of methoxy groups -OCH3 is 1. The number of nitrogens with zero attached hydrogens (tertiary/aromatic N) is 2. The highest BCUT2D eigenvalue weighted by Crippen LogP contribution is 2.40. The van der Waals surface area contributed by atoms with E-state index in [9.17, 15) is 0 Å². The minimum absolute atomic E-state index is 0.0473. The molecular formula is C15H25N3O2. The van der Waals surface area contributed by atoms with Crippen molar-refractivity contribution in [2.24, 2.45) is 5.92 Å². The van der Waals surface area contributed by atoms with Gasteiger partial charge in [0.05, 0.1) is 19.3 Å². The zero-order valence-corrected chi connectivity index (χ0v) is 12.6. The molecule has 0 amide bonds. The second-order valence-corrected chi connectivity index (χ2v) is 5.14. The molecule has 2 rings (SSSR count). The molecule has 0 aliphatic heterocycles. The molecule has 20 heavy (non-hydrogen) atoms. The minimum Gasteiger partial charge on any atom is -0.480 e. The van der Waals surface area contributed by atoms with Gasteiger partial charge in [0, 0.05) is 19.0 Å². The van der Waals surface area contributed by atoms with Gasteiger partial charge in [-0.2, -0.15) is 0 Å². The van der Waals surface area contributed by atoms with Crippen molar-refractivity contribution < 1.29 is 9.47 Å². The number of aromatic nitrogens is 2. The lowest BCUT2D eigenvalue weighted by atomic mass is 10.0. The molecule has 2 unspecified atom stereocenters. The summed E-state index contributed by atoms with van der Waals surface area (Å²) in [7, 11) is 1.64. The summed E-state index contributed by atoms with van der Waals surface area (Å²) < 4.78 is 11.4. The maximum absolute atomic E-state index is 5.99. The zero-order chi connectivity index (χ0) is 14.4. The van der Waals surface area contributed by atoms with Crippen LogP contribution in [0.3, 0.4) is 0 Å². The lowest BCUT2D eigenvalue weighted by molar-refractivity contribution is 0.0167. The summed E-state index contributed by atoms with van der Waals surface area (Å²) in [4.78, 5) is 8.75. The first-order chi connectivity index (χ1) is 9.81. The van der Waals surface area contributed by atoms with Crippen LogP contribution in [0.5, 0.6) is 5.88 Å². The van der Waals surface area contributed by atoms with E-state index < -0.39 is 0 Å². The Morgan fingerprint density at radius 3 is 2.65 bits per heavy atom. The van der Waals surface area contributed by atoms with Gasteiger partial charge in [-0.25, -0.2) is 4.98 Å². The van der Waals surface area contributed by atoms with E-state index in [1.54, 1.807) is 19.5 Å². The third kappa shape index (κ3) is 3.67. The first-order valence-electron chi connectivity index (χ1n) is 7.51. The van der Waals surface area contributed by atoms with Gasteiger partial charge in [0.15, 0.2) is 0 Å². The summed E-state index contributed by atoms with van der Waals surface area (Å²) in [5.74, 6) is 1.21. The highest BCUT2D eigenvalue weighted by Gasteiger charge is 2.39. The van der Waals surface area contributed by atoms with Gasteiger partial charge in [-0.05, 0) is 38.6 Å². The summed E-state index contributed by atoms with van der Waals surface area (Å²) in [6.07, 6.45) is 7.06. The van der Waals surface area contributed by atoms with E-state index >= 15 is 0 Å². The second-order valence-electron chi connectivity index (χ2n) is 5.14. The fourth-order valence-corrected chi connectivity index (χ4v) is 2.50. The molecule has 0 aromatic carbocycles. The first kappa shape index (κ1) is 15.2. The van der Waals surface area contributed by atoms with Crippen molar-refractivity contribution in [2.75, 3.05) is 20.3 Å². The van der Waals surface area contributed by atoms with Gasteiger partial charge in [-0.15, -0.1) is 0 Å². The van der Waals surface area contributed by atoms with Crippen LogP contribution in [0.1, 0.15) is 44.8 Å². The molecule has 1 N–H and O–H groups in total. The fraction of sp³-hybridized carbons (Fsp3) is 0.733. The number of hydrogen-bond donors (Lipinski definition) is 1. The SMILES string of the molecule is CCCNC(c1nccnc1OC)C(OCC)C1CC1. The van der Waals surface area contributed by atoms with Gasteiger partial charge < -0.3 is 14.8 Å². The summed E-state index contributed by atoms with van der Waals surface area (Å²) in [6, 6.07) is 0.0473. The predicted molar refractivity (Wildman–Crippen MR) is 77.8 cm³/mol. The van der Waals surface area contributed by atoms with Crippen LogP contribution in [0, 0.1) is 5.92 Å². The maximum atomic E-state index is 5.99. The van der Waals surface area contributed by atoms with Crippen LogP contribution in [0.2, 0.25) is 0 Å². The molecule has 1 aromatic heterocycles. The molecule has 1 heterocycles. The summed E-state index contributed by atoms with van der Waals surface area (Å²) in [6.45, 7) is 5.85. The van der Waals surface area contributed by atoms with E-state index in [0.717, 1.165) is 18.7 Å². The lowest BCUT2D eigenvalue weighted by Crippen LogP contribution is -2.37. The van der Waals surface area contributed by atoms with Crippen LogP contribution in [0.4, 0.5) is 0 Å². The third-order valence-corrected chi connectivity index (χ3v) is 3.57. The monoisotopic (exact) mass is 279 g/mol. The highest BCUT2D eigenvalue weighted by atomic mass is 16.5. The van der Waals surface area contributed by atoms with Crippen LogP contribution in [-0.2, 0) is 4.74 Å². The molecule has 112 valence electrons. The van der Waals surface area contributed by atoms with Crippen LogP contribution in [0.25, 0.3) is 0 Å². The number of nitrogens with one attached hydrogen (secondary N) is 1. The predicted octanol–water partition coefficient (Wildman–Crippen LogP) is 2.34. The van der Waals surface area contributed by atoms with Crippen LogP contribution in [-0.4, -0.2) is 36.3 Å². The van der Waals surface area contributed by atoms with Gasteiger partial charge in [-0.1, -0.05) is 6.92 Å². The molecule has 1 aromatic rings. The molecule has 2 atom stereocenters. The van der Waals surface area contributed by atoms with E-state index in [1.165, 1.54) is 12.8 Å². The van der Waals surface area contributed by atoms with Crippen molar-refractivity contribution in [1.29, 1.82) is 0 Å². The normalized spacial score (nSPS) is 17.8. The first-order valence-corrected chi connectivity index (χ1v) is 7.51. The highest BCUT2D eigenvalue weighted by molar-refractivity contribution is 5.23. The molecule has 0 spiro atoms. The Kier molecular flexibility index (Phi) is 5.73. The van der Waals surface area contributed by atoms with Crippen molar-refractivity contribution in [3.63, 3.8) is 0 Å². The Hall–Kier alpha value is -1.20. The van der Waals surface area contributed by atoms with Gasteiger partial charge in [0.2, 0.25) is 5.88 Å². The topological polar surface area (TPSA) is 56.3 Å². The standard InChI is InChI=1S/C15H25N3O2/c1-4-8-16-12(14(20-5-2)11-6-7-11)13-15(19-3)18-10-9-17-13/h9-12,14,16H,4-8H2,1-3H3. The van der Waals surface area contributed by atoms with Gasteiger partial charge >= 0.3 is 0 Å². The van der Waals surface area contributed by atoms with Gasteiger partial charge in [-0.3, -0.25) is 4.98 Å². The molecule has 0 bridgehead atoms. The van der Waals surface area contributed by atoms with Crippen molar-refractivity contribution in [3.8, 4) is 5.88 Å². The van der Waals surface area contributed by atoms with Crippen LogP contribution < -0.4 is 10.1 Å². The smallest absolute Gasteiger partial charge is 0.237 e.